The van der Waals surface area contributed by atoms with Gasteiger partial charge in [-0.1, -0.05) is 29.8 Å². The number of amides is 2. The van der Waals surface area contributed by atoms with Gasteiger partial charge >= 0.3 is 12.6 Å². The Morgan fingerprint density at radius 3 is 2.83 bits per heavy atom. The third-order valence-corrected chi connectivity index (χ3v) is 3.90. The molecule has 2 amide bonds. The fraction of sp³-hybridized carbons (Fsp3) is 0.588. The number of hydrogen-bond acceptors (Lipinski definition) is 3. The van der Waals surface area contributed by atoms with E-state index in [4.69, 9.17) is 4.74 Å². The van der Waals surface area contributed by atoms with E-state index >= 15 is 0 Å². The van der Waals surface area contributed by atoms with Crippen LogP contribution in [-0.2, 0) is 9.47 Å². The van der Waals surface area contributed by atoms with Gasteiger partial charge in [0, 0.05) is 13.2 Å². The van der Waals surface area contributed by atoms with Gasteiger partial charge in [-0.3, -0.25) is 0 Å². The Kier molecular flexibility index (Phi) is 7.39. The molecule has 1 aromatic carbocycles. The van der Waals surface area contributed by atoms with Crippen LogP contribution in [0.25, 0.3) is 0 Å². The van der Waals surface area contributed by atoms with Gasteiger partial charge in [-0.05, 0) is 31.7 Å². The maximum absolute atomic E-state index is 12.0. The van der Waals surface area contributed by atoms with Crippen molar-refractivity contribution < 1.29 is 23.0 Å². The summed E-state index contributed by atoms with van der Waals surface area (Å²) < 4.78 is 33.6. The number of nitrogens with one attached hydrogen (secondary N) is 2. The van der Waals surface area contributed by atoms with E-state index in [2.05, 4.69) is 15.4 Å². The Hall–Kier alpha value is -1.73. The number of alkyl halides is 2. The van der Waals surface area contributed by atoms with E-state index in [1.54, 1.807) is 0 Å². The van der Waals surface area contributed by atoms with E-state index in [0.29, 0.717) is 13.0 Å². The van der Waals surface area contributed by atoms with Crippen molar-refractivity contribution in [3.8, 4) is 0 Å². The number of ether oxygens (including phenoxy) is 2. The summed E-state index contributed by atoms with van der Waals surface area (Å²) in [5.74, 6) is 0. The Morgan fingerprint density at radius 2 is 2.12 bits per heavy atom. The third-order valence-electron chi connectivity index (χ3n) is 3.90. The van der Waals surface area contributed by atoms with Crippen LogP contribution in [0.2, 0.25) is 0 Å². The number of halogens is 2. The monoisotopic (exact) mass is 342 g/mol. The minimum atomic E-state index is -2.77. The van der Waals surface area contributed by atoms with Crippen LogP contribution in [0.3, 0.4) is 0 Å². The predicted octanol–water partition coefficient (Wildman–Crippen LogP) is 3.14. The molecular weight excluding hydrogens is 318 g/mol. The second kappa shape index (κ2) is 9.54. The van der Waals surface area contributed by atoms with Crippen LogP contribution in [0.4, 0.5) is 13.6 Å². The van der Waals surface area contributed by atoms with Crippen molar-refractivity contribution in [1.82, 2.24) is 10.6 Å². The molecule has 1 aliphatic heterocycles. The highest BCUT2D eigenvalue weighted by molar-refractivity contribution is 5.74. The van der Waals surface area contributed by atoms with Crippen LogP contribution >= 0.6 is 0 Å². The molecule has 0 bridgehead atoms. The van der Waals surface area contributed by atoms with Gasteiger partial charge in [0.15, 0.2) is 0 Å². The molecule has 0 saturated carbocycles. The number of aryl methyl sites for hydroxylation is 1. The smallest absolute Gasteiger partial charge is 0.345 e. The third kappa shape index (κ3) is 6.05. The van der Waals surface area contributed by atoms with Crippen LogP contribution < -0.4 is 10.6 Å². The van der Waals surface area contributed by atoms with Crippen molar-refractivity contribution in [2.24, 2.45) is 0 Å². The molecule has 134 valence electrons. The maximum Gasteiger partial charge on any atom is 0.345 e. The zero-order valence-corrected chi connectivity index (χ0v) is 13.8. The minimum absolute atomic E-state index is 0.0868. The lowest BCUT2D eigenvalue weighted by molar-refractivity contribution is -0.128. The molecule has 7 heteroatoms. The van der Waals surface area contributed by atoms with Gasteiger partial charge in [0.25, 0.3) is 0 Å². The molecule has 1 fully saturated rings. The van der Waals surface area contributed by atoms with Gasteiger partial charge in [0.2, 0.25) is 0 Å². The van der Waals surface area contributed by atoms with E-state index in [1.165, 1.54) is 5.56 Å². The molecule has 0 radical (unpaired) electrons. The highest BCUT2D eigenvalue weighted by Gasteiger charge is 2.28. The van der Waals surface area contributed by atoms with E-state index < -0.39 is 6.61 Å². The molecule has 5 nitrogen and oxygen atoms in total. The van der Waals surface area contributed by atoms with Crippen LogP contribution in [0.5, 0.6) is 0 Å². The van der Waals surface area contributed by atoms with E-state index in [-0.39, 0.29) is 31.3 Å². The second-order valence-electron chi connectivity index (χ2n) is 5.84. The number of carbonyl (C=O) groups is 1. The Bertz CT molecular complexity index is 511. The van der Waals surface area contributed by atoms with Crippen molar-refractivity contribution in [2.45, 2.75) is 44.9 Å². The summed E-state index contributed by atoms with van der Waals surface area (Å²) in [5, 5.41) is 5.57. The lowest BCUT2D eigenvalue weighted by Gasteiger charge is -2.32. The van der Waals surface area contributed by atoms with E-state index in [1.807, 2.05) is 31.2 Å². The molecule has 2 rings (SSSR count). The zero-order valence-electron chi connectivity index (χ0n) is 13.8. The molecule has 1 heterocycles. The molecule has 0 aliphatic carbocycles. The quantitative estimate of drug-likeness (QED) is 0.749. The standard InChI is InChI=1S/C17H24F2N2O3/c1-12-5-7-13(8-6-12)15-14(4-2-10-23-15)21-17(22)20-9-3-11-24-16(18)19/h5-8,14-16H,2-4,9-11H2,1H3,(H2,20,21,22)/t14-,15+/m1/s1. The number of rotatable bonds is 7. The average molecular weight is 342 g/mol. The summed E-state index contributed by atoms with van der Waals surface area (Å²) >= 11 is 0. The lowest BCUT2D eigenvalue weighted by Crippen LogP contribution is -2.47. The Labute approximate surface area is 140 Å². The van der Waals surface area contributed by atoms with Crippen LogP contribution in [-0.4, -0.2) is 38.4 Å². The predicted molar refractivity (Wildman–Crippen MR) is 86.0 cm³/mol. The van der Waals surface area contributed by atoms with Gasteiger partial charge in [-0.25, -0.2) is 4.79 Å². The first-order valence-electron chi connectivity index (χ1n) is 8.18. The average Bonchev–Trinajstić information content (AvgIpc) is 2.55. The fourth-order valence-corrected chi connectivity index (χ4v) is 2.68. The first-order chi connectivity index (χ1) is 11.6. The Balaban J connectivity index is 1.80. The first kappa shape index (κ1) is 18.6. The normalized spacial score (nSPS) is 20.8. The highest BCUT2D eigenvalue weighted by Crippen LogP contribution is 2.28. The minimum Gasteiger partial charge on any atom is -0.371 e. The summed E-state index contributed by atoms with van der Waals surface area (Å²) in [6, 6.07) is 7.64. The van der Waals surface area contributed by atoms with Crippen LogP contribution in [0.15, 0.2) is 24.3 Å². The first-order valence-corrected chi connectivity index (χ1v) is 8.18. The van der Waals surface area contributed by atoms with E-state index in [0.717, 1.165) is 18.4 Å². The van der Waals surface area contributed by atoms with Crippen molar-refractivity contribution in [3.63, 3.8) is 0 Å². The lowest BCUT2D eigenvalue weighted by atomic mass is 9.95. The molecule has 1 aromatic rings. The summed E-state index contributed by atoms with van der Waals surface area (Å²) in [5.41, 5.74) is 2.21. The number of hydrogen-bond donors (Lipinski definition) is 2. The maximum atomic E-state index is 12.0. The molecular formula is C17H24F2N2O3. The number of urea groups is 1. The van der Waals surface area contributed by atoms with Crippen LogP contribution in [0, 0.1) is 6.92 Å². The molecule has 1 aliphatic rings. The van der Waals surface area contributed by atoms with Crippen molar-refractivity contribution >= 4 is 6.03 Å². The Morgan fingerprint density at radius 1 is 1.38 bits per heavy atom. The number of carbonyl (C=O) groups excluding carboxylic acids is 1. The summed E-state index contributed by atoms with van der Waals surface area (Å²) in [6.45, 7) is 0.113. The fourth-order valence-electron chi connectivity index (χ4n) is 2.68. The summed E-state index contributed by atoms with van der Waals surface area (Å²) in [6.07, 6.45) is 1.88. The largest absolute Gasteiger partial charge is 0.371 e. The van der Waals surface area contributed by atoms with Gasteiger partial charge < -0.3 is 20.1 Å². The van der Waals surface area contributed by atoms with Crippen LogP contribution in [0.1, 0.15) is 36.5 Å². The topological polar surface area (TPSA) is 59.6 Å². The van der Waals surface area contributed by atoms with Crippen molar-refractivity contribution in [2.75, 3.05) is 19.8 Å². The number of benzene rings is 1. The van der Waals surface area contributed by atoms with E-state index in [9.17, 15) is 13.6 Å². The second-order valence-corrected chi connectivity index (χ2v) is 5.84. The molecule has 0 spiro atoms. The van der Waals surface area contributed by atoms with Crippen molar-refractivity contribution in [1.29, 1.82) is 0 Å². The highest BCUT2D eigenvalue weighted by atomic mass is 19.3. The molecule has 24 heavy (non-hydrogen) atoms. The van der Waals surface area contributed by atoms with Gasteiger partial charge in [0.1, 0.15) is 6.10 Å². The molecule has 2 N–H and O–H groups in total. The molecule has 1 saturated heterocycles. The molecule has 0 unspecified atom stereocenters. The van der Waals surface area contributed by atoms with Gasteiger partial charge in [-0.15, -0.1) is 0 Å². The van der Waals surface area contributed by atoms with Crippen molar-refractivity contribution in [3.05, 3.63) is 35.4 Å². The zero-order chi connectivity index (χ0) is 17.4. The van der Waals surface area contributed by atoms with Gasteiger partial charge in [-0.2, -0.15) is 8.78 Å². The molecule has 0 aromatic heterocycles. The van der Waals surface area contributed by atoms with Gasteiger partial charge in [0.05, 0.1) is 12.6 Å². The SMILES string of the molecule is Cc1ccc([C@@H]2OCCC[C@H]2NC(=O)NCCCOC(F)F)cc1. The summed E-state index contributed by atoms with van der Waals surface area (Å²) in [4.78, 5) is 12.0. The summed E-state index contributed by atoms with van der Waals surface area (Å²) in [7, 11) is 0. The molecule has 2 atom stereocenters.